The molecule has 158 valence electrons. The molecule has 1 aromatic heterocycles. The van der Waals surface area contributed by atoms with Gasteiger partial charge in [-0.1, -0.05) is 30.3 Å². The molecule has 1 N–H and O–H groups in total. The van der Waals surface area contributed by atoms with Crippen molar-refractivity contribution in [3.05, 3.63) is 83.6 Å². The number of hydrogen-bond acceptors (Lipinski definition) is 5. The number of carbonyl (C=O) groups excluding carboxylic acids is 1. The number of nitrogens with one attached hydrogen (secondary N) is 1. The third kappa shape index (κ3) is 5.49. The van der Waals surface area contributed by atoms with E-state index < -0.39 is 10.0 Å². The Morgan fingerprint density at radius 3 is 2.37 bits per heavy atom. The number of carbonyl (C=O) groups is 1. The smallest absolute Gasteiger partial charge is 0.275 e. The van der Waals surface area contributed by atoms with Gasteiger partial charge in [-0.3, -0.25) is 4.79 Å². The molecule has 0 unspecified atom stereocenters. The van der Waals surface area contributed by atoms with E-state index in [1.165, 1.54) is 25.7 Å². The summed E-state index contributed by atoms with van der Waals surface area (Å²) in [6.45, 7) is 0.628. The number of benzene rings is 2. The molecule has 2 aromatic carbocycles. The molecule has 0 aliphatic rings. The molecule has 0 aliphatic heterocycles. The minimum absolute atomic E-state index is 0.0750. The number of amides is 1. The lowest BCUT2D eigenvalue weighted by Crippen LogP contribution is -2.25. The zero-order valence-corrected chi connectivity index (χ0v) is 17.7. The first kappa shape index (κ1) is 21.6. The van der Waals surface area contributed by atoms with Crippen molar-refractivity contribution in [3.63, 3.8) is 0 Å². The van der Waals surface area contributed by atoms with Crippen molar-refractivity contribution < 1.29 is 22.4 Å². The summed E-state index contributed by atoms with van der Waals surface area (Å²) in [4.78, 5) is 12.2. The van der Waals surface area contributed by atoms with E-state index >= 15 is 0 Å². The molecule has 0 saturated heterocycles. The number of ether oxygens (including phenoxy) is 1. The van der Waals surface area contributed by atoms with Crippen LogP contribution in [-0.2, 0) is 23.1 Å². The Morgan fingerprint density at radius 1 is 1.00 bits per heavy atom. The van der Waals surface area contributed by atoms with Crippen LogP contribution in [0.3, 0.4) is 0 Å². The van der Waals surface area contributed by atoms with Crippen molar-refractivity contribution in [2.75, 3.05) is 20.6 Å². The highest BCUT2D eigenvalue weighted by Crippen LogP contribution is 2.19. The minimum atomic E-state index is -3.61. The van der Waals surface area contributed by atoms with E-state index in [9.17, 15) is 13.2 Å². The summed E-state index contributed by atoms with van der Waals surface area (Å²) in [5.74, 6) is 0.782. The third-order valence-corrected chi connectivity index (χ3v) is 6.10. The maximum Gasteiger partial charge on any atom is 0.275 e. The van der Waals surface area contributed by atoms with Crippen LogP contribution >= 0.6 is 0 Å². The van der Waals surface area contributed by atoms with E-state index in [0.29, 0.717) is 23.6 Å². The van der Waals surface area contributed by atoms with Gasteiger partial charge >= 0.3 is 0 Å². The summed E-state index contributed by atoms with van der Waals surface area (Å²) in [6.07, 6.45) is 0.766. The fraction of sp³-hybridized carbons (Fsp3) is 0.227. The Labute approximate surface area is 176 Å². The molecule has 8 heteroatoms. The molecule has 0 radical (unpaired) electrons. The van der Waals surface area contributed by atoms with Gasteiger partial charge in [-0.05, 0) is 48.4 Å². The molecular weight excluding hydrogens is 404 g/mol. The van der Waals surface area contributed by atoms with E-state index in [1.54, 1.807) is 30.3 Å². The quantitative estimate of drug-likeness (QED) is 0.566. The molecule has 1 amide bonds. The summed E-state index contributed by atoms with van der Waals surface area (Å²) < 4.78 is 36.1. The minimum Gasteiger partial charge on any atom is -0.486 e. The van der Waals surface area contributed by atoms with Gasteiger partial charge in [-0.15, -0.1) is 0 Å². The van der Waals surface area contributed by atoms with E-state index in [0.717, 1.165) is 10.7 Å². The fourth-order valence-corrected chi connectivity index (χ4v) is 3.49. The van der Waals surface area contributed by atoms with E-state index in [-0.39, 0.29) is 17.6 Å². The molecule has 30 heavy (non-hydrogen) atoms. The zero-order valence-electron chi connectivity index (χ0n) is 16.9. The Hall–Kier alpha value is -3.10. The first-order chi connectivity index (χ1) is 14.4. The standard InChI is InChI=1S/C22H24N2O5S/c1-24(2)30(26,27)21-13-12-20(29-21)16-28-19-10-8-18(9-11-19)22(25)23-15-14-17-6-4-3-5-7-17/h3-13H,14-16H2,1-2H3,(H,23,25). The molecule has 0 saturated carbocycles. The van der Waals surface area contributed by atoms with Gasteiger partial charge in [0.05, 0.1) is 0 Å². The van der Waals surface area contributed by atoms with Crippen LogP contribution in [0.25, 0.3) is 0 Å². The SMILES string of the molecule is CN(C)S(=O)(=O)c1ccc(COc2ccc(C(=O)NCCc3ccccc3)cc2)o1. The Kier molecular flexibility index (Phi) is 6.91. The second-order valence-corrected chi connectivity index (χ2v) is 8.90. The average molecular weight is 429 g/mol. The van der Waals surface area contributed by atoms with Gasteiger partial charge in [0.15, 0.2) is 0 Å². The van der Waals surface area contributed by atoms with E-state index in [4.69, 9.17) is 9.15 Å². The van der Waals surface area contributed by atoms with Crippen LogP contribution in [0.5, 0.6) is 5.75 Å². The molecule has 0 spiro atoms. The van der Waals surface area contributed by atoms with Crippen LogP contribution in [0.1, 0.15) is 21.7 Å². The van der Waals surface area contributed by atoms with Crippen LogP contribution in [0.4, 0.5) is 0 Å². The molecule has 0 fully saturated rings. The van der Waals surface area contributed by atoms with Crippen LogP contribution < -0.4 is 10.1 Å². The predicted octanol–water partition coefficient (Wildman–Crippen LogP) is 3.08. The normalized spacial score (nSPS) is 11.4. The van der Waals surface area contributed by atoms with Crippen molar-refractivity contribution in [1.82, 2.24) is 9.62 Å². The zero-order chi connectivity index (χ0) is 21.6. The lowest BCUT2D eigenvalue weighted by atomic mass is 10.1. The number of hydrogen-bond donors (Lipinski definition) is 1. The molecule has 0 atom stereocenters. The van der Waals surface area contributed by atoms with Crippen LogP contribution in [0.15, 0.2) is 76.2 Å². The largest absolute Gasteiger partial charge is 0.486 e. The number of sulfonamides is 1. The van der Waals surface area contributed by atoms with Gasteiger partial charge < -0.3 is 14.5 Å². The molecule has 7 nitrogen and oxygen atoms in total. The van der Waals surface area contributed by atoms with Gasteiger partial charge in [0.2, 0.25) is 5.09 Å². The fourth-order valence-electron chi connectivity index (χ4n) is 2.68. The first-order valence-corrected chi connectivity index (χ1v) is 10.9. The molecule has 0 bridgehead atoms. The predicted molar refractivity (Wildman–Crippen MR) is 113 cm³/mol. The summed E-state index contributed by atoms with van der Waals surface area (Å²) in [7, 11) is -0.737. The Bertz CT molecular complexity index is 1070. The monoisotopic (exact) mass is 428 g/mol. The highest BCUT2D eigenvalue weighted by molar-refractivity contribution is 7.88. The summed E-state index contributed by atoms with van der Waals surface area (Å²) >= 11 is 0. The molecule has 0 aliphatic carbocycles. The van der Waals surface area contributed by atoms with Gasteiger partial charge in [-0.25, -0.2) is 12.7 Å². The van der Waals surface area contributed by atoms with Gasteiger partial charge in [0.1, 0.15) is 18.1 Å². The Morgan fingerprint density at radius 2 is 1.70 bits per heavy atom. The summed E-state index contributed by atoms with van der Waals surface area (Å²) in [5, 5.41) is 2.76. The molecule has 3 rings (SSSR count). The lowest BCUT2D eigenvalue weighted by Gasteiger charge is -2.08. The molecule has 3 aromatic rings. The van der Waals surface area contributed by atoms with E-state index in [1.807, 2.05) is 30.3 Å². The maximum absolute atomic E-state index is 12.2. The van der Waals surface area contributed by atoms with Crippen LogP contribution in [0.2, 0.25) is 0 Å². The highest BCUT2D eigenvalue weighted by atomic mass is 32.2. The number of nitrogens with zero attached hydrogens (tertiary/aromatic N) is 1. The summed E-state index contributed by atoms with van der Waals surface area (Å²) in [5.41, 5.74) is 1.70. The highest BCUT2D eigenvalue weighted by Gasteiger charge is 2.21. The van der Waals surface area contributed by atoms with Crippen LogP contribution in [0, 0.1) is 0 Å². The topological polar surface area (TPSA) is 88.8 Å². The van der Waals surface area contributed by atoms with Crippen molar-refractivity contribution in [1.29, 1.82) is 0 Å². The lowest BCUT2D eigenvalue weighted by molar-refractivity contribution is 0.0954. The third-order valence-electron chi connectivity index (χ3n) is 4.41. The Balaban J connectivity index is 1.50. The number of rotatable bonds is 9. The molecule has 1 heterocycles. The van der Waals surface area contributed by atoms with Gasteiger partial charge in [-0.2, -0.15) is 0 Å². The molecular formula is C22H24N2O5S. The van der Waals surface area contributed by atoms with Crippen molar-refractivity contribution in [2.24, 2.45) is 0 Å². The summed E-state index contributed by atoms with van der Waals surface area (Å²) in [6, 6.07) is 19.6. The van der Waals surface area contributed by atoms with Crippen molar-refractivity contribution >= 4 is 15.9 Å². The van der Waals surface area contributed by atoms with Crippen LogP contribution in [-0.4, -0.2) is 39.3 Å². The second kappa shape index (κ2) is 9.60. The van der Waals surface area contributed by atoms with Crippen molar-refractivity contribution in [2.45, 2.75) is 18.1 Å². The average Bonchev–Trinajstić information content (AvgIpc) is 3.23. The maximum atomic E-state index is 12.2. The van der Waals surface area contributed by atoms with Gasteiger partial charge in [0.25, 0.3) is 15.9 Å². The van der Waals surface area contributed by atoms with Crippen molar-refractivity contribution in [3.8, 4) is 5.75 Å². The second-order valence-electron chi connectivity index (χ2n) is 6.81. The first-order valence-electron chi connectivity index (χ1n) is 9.42. The number of furan rings is 1. The van der Waals surface area contributed by atoms with Gasteiger partial charge in [0, 0.05) is 26.2 Å². The van der Waals surface area contributed by atoms with E-state index in [2.05, 4.69) is 5.32 Å².